The number of aldehydes is 1. The third-order valence-electron chi connectivity index (χ3n) is 6.54. The minimum Gasteiger partial charge on any atom is -0.303 e. The smallest absolute Gasteiger partial charge is 0.159 e. The molecule has 2 rings (SSSR count). The van der Waals surface area contributed by atoms with E-state index in [4.69, 9.17) is 0 Å². The molecule has 6 heteroatoms. The standard InChI is InChI=1S/C18H22N2O.C8H18.C7H10N2.C4H8O/c1-7-12(2)18(20-19-6)11-14(4)17-9-8-16(15(5)21)10-13(17)3;1-4-6-8(3)7-5-2;1-3-7-4-8-6(2)9-5-7;1-2-3-4-5/h7-11H,1H2,2-6H3;8H,4-7H2,1-3H3;4-5H,3H2,1-2H3;4H,2-3H2,1H3/b14-11+,18-12+,20-19?;;;. The lowest BCUT2D eigenvalue weighted by molar-refractivity contribution is -0.107. The van der Waals surface area contributed by atoms with Crippen LogP contribution < -0.4 is 0 Å². The largest absolute Gasteiger partial charge is 0.303 e. The number of hydrogen-bond donors (Lipinski definition) is 0. The van der Waals surface area contributed by atoms with E-state index < -0.39 is 0 Å². The Morgan fingerprint density at radius 1 is 0.977 bits per heavy atom. The van der Waals surface area contributed by atoms with Crippen LogP contribution in [0.15, 0.2) is 70.8 Å². The zero-order chi connectivity index (χ0) is 33.2. The van der Waals surface area contributed by atoms with Gasteiger partial charge in [-0.3, -0.25) is 4.79 Å². The average Bonchev–Trinajstić information content (AvgIpc) is 2.98. The summed E-state index contributed by atoms with van der Waals surface area (Å²) in [5.41, 5.74) is 6.93. The van der Waals surface area contributed by atoms with Crippen molar-refractivity contribution < 1.29 is 9.59 Å². The van der Waals surface area contributed by atoms with Gasteiger partial charge in [0.2, 0.25) is 0 Å². The van der Waals surface area contributed by atoms with Crippen molar-refractivity contribution >= 4 is 17.6 Å². The second-order valence-corrected chi connectivity index (χ2v) is 10.6. The highest BCUT2D eigenvalue weighted by atomic mass is 16.1. The van der Waals surface area contributed by atoms with Crippen molar-refractivity contribution in [3.05, 3.63) is 88.7 Å². The summed E-state index contributed by atoms with van der Waals surface area (Å²) in [6, 6.07) is 5.75. The fourth-order valence-electron chi connectivity index (χ4n) is 3.89. The first kappa shape index (κ1) is 41.6. The molecule has 0 bridgehead atoms. The van der Waals surface area contributed by atoms with Crippen LogP contribution in [0.3, 0.4) is 0 Å². The molecule has 2 aromatic rings. The molecule has 1 aromatic carbocycles. The van der Waals surface area contributed by atoms with Crippen molar-refractivity contribution in [2.75, 3.05) is 7.05 Å². The number of unbranched alkanes of at least 4 members (excludes halogenated alkanes) is 1. The molecule has 6 nitrogen and oxygen atoms in total. The van der Waals surface area contributed by atoms with Crippen LogP contribution in [-0.2, 0) is 11.2 Å². The minimum absolute atomic E-state index is 0.0779. The van der Waals surface area contributed by atoms with Crippen molar-refractivity contribution in [1.29, 1.82) is 0 Å². The number of ketones is 1. The number of carbonyl (C=O) groups excluding carboxylic acids is 2. The summed E-state index contributed by atoms with van der Waals surface area (Å²) < 4.78 is 0. The van der Waals surface area contributed by atoms with Gasteiger partial charge >= 0.3 is 0 Å². The van der Waals surface area contributed by atoms with Gasteiger partial charge < -0.3 is 4.79 Å². The van der Waals surface area contributed by atoms with Gasteiger partial charge in [0, 0.05) is 31.4 Å². The van der Waals surface area contributed by atoms with E-state index in [0.717, 1.165) is 64.4 Å². The summed E-state index contributed by atoms with van der Waals surface area (Å²) in [5.74, 6) is 1.88. The van der Waals surface area contributed by atoms with Gasteiger partial charge in [-0.1, -0.05) is 85.1 Å². The Morgan fingerprint density at radius 3 is 1.93 bits per heavy atom. The highest BCUT2D eigenvalue weighted by molar-refractivity contribution is 5.94. The van der Waals surface area contributed by atoms with Crippen molar-refractivity contribution in [3.8, 4) is 0 Å². The maximum Gasteiger partial charge on any atom is 0.159 e. The summed E-state index contributed by atoms with van der Waals surface area (Å²) in [4.78, 5) is 28.9. The third kappa shape index (κ3) is 20.1. The molecule has 238 valence electrons. The summed E-state index contributed by atoms with van der Waals surface area (Å²) >= 11 is 0. The van der Waals surface area contributed by atoms with E-state index in [-0.39, 0.29) is 5.78 Å². The van der Waals surface area contributed by atoms with Crippen molar-refractivity contribution in [3.63, 3.8) is 0 Å². The monoisotopic (exact) mass is 590 g/mol. The summed E-state index contributed by atoms with van der Waals surface area (Å²) in [5, 5.41) is 7.98. The van der Waals surface area contributed by atoms with Crippen LogP contribution in [-0.4, -0.2) is 29.1 Å². The molecule has 0 fully saturated rings. The number of allylic oxidation sites excluding steroid dienone is 4. The van der Waals surface area contributed by atoms with Gasteiger partial charge in [0.25, 0.3) is 0 Å². The molecule has 1 aromatic heterocycles. The zero-order valence-corrected chi connectivity index (χ0v) is 29.0. The Labute approximate surface area is 262 Å². The molecule has 0 amide bonds. The zero-order valence-electron chi connectivity index (χ0n) is 29.0. The number of Topliss-reactive ketones (excluding diaryl/α,β-unsaturated/α-hetero) is 1. The first-order chi connectivity index (χ1) is 20.4. The normalized spacial score (nSPS) is 11.3. The van der Waals surface area contributed by atoms with Gasteiger partial charge in [0.1, 0.15) is 12.1 Å². The molecule has 0 aliphatic carbocycles. The number of rotatable bonds is 12. The average molecular weight is 591 g/mol. The van der Waals surface area contributed by atoms with Crippen LogP contribution in [0.25, 0.3) is 5.57 Å². The molecule has 43 heavy (non-hydrogen) atoms. The van der Waals surface area contributed by atoms with Crippen LogP contribution in [0.4, 0.5) is 0 Å². The van der Waals surface area contributed by atoms with E-state index in [9.17, 15) is 9.59 Å². The fraction of sp³-hybridized carbons (Fsp3) is 0.514. The number of aromatic nitrogens is 2. The number of hydrogen-bond acceptors (Lipinski definition) is 6. The van der Waals surface area contributed by atoms with E-state index in [1.807, 2.05) is 71.3 Å². The SMILES string of the molecule is C=C/C(C)=C(\C=C(/C)c1ccc(C(C)=O)cc1C)N=NC.CCCC(C)CCC.CCCC=O.CCc1cnc(C)nc1. The topological polar surface area (TPSA) is 84.6 Å². The van der Waals surface area contributed by atoms with E-state index in [1.165, 1.54) is 31.2 Å². The Morgan fingerprint density at radius 2 is 1.56 bits per heavy atom. The number of nitrogens with zero attached hydrogens (tertiary/aromatic N) is 4. The number of carbonyl (C=O) groups is 2. The van der Waals surface area contributed by atoms with Crippen molar-refractivity contribution in [2.45, 2.75) is 114 Å². The van der Waals surface area contributed by atoms with Gasteiger partial charge in [0.15, 0.2) is 5.78 Å². The maximum absolute atomic E-state index is 11.4. The predicted molar refractivity (Wildman–Crippen MR) is 185 cm³/mol. The lowest BCUT2D eigenvalue weighted by Gasteiger charge is -2.08. The lowest BCUT2D eigenvalue weighted by atomic mass is 9.97. The minimum atomic E-state index is 0.0779. The van der Waals surface area contributed by atoms with E-state index in [1.54, 1.807) is 20.0 Å². The van der Waals surface area contributed by atoms with Crippen LogP contribution in [0.2, 0.25) is 0 Å². The number of benzene rings is 1. The molecule has 1 heterocycles. The van der Waals surface area contributed by atoms with Crippen molar-refractivity contribution in [1.82, 2.24) is 9.97 Å². The summed E-state index contributed by atoms with van der Waals surface area (Å²) in [7, 11) is 1.65. The first-order valence-corrected chi connectivity index (χ1v) is 15.6. The highest BCUT2D eigenvalue weighted by Crippen LogP contribution is 2.23. The molecule has 0 N–H and O–H groups in total. The second-order valence-electron chi connectivity index (χ2n) is 10.6. The molecule has 0 aliphatic heterocycles. The lowest BCUT2D eigenvalue weighted by Crippen LogP contribution is -1.95. The van der Waals surface area contributed by atoms with E-state index in [2.05, 4.69) is 54.5 Å². The van der Waals surface area contributed by atoms with Crippen LogP contribution in [0.5, 0.6) is 0 Å². The van der Waals surface area contributed by atoms with Crippen molar-refractivity contribution in [2.24, 2.45) is 16.1 Å². The highest BCUT2D eigenvalue weighted by Gasteiger charge is 2.06. The Hall–Kier alpha value is -3.54. The Kier molecular flexibility index (Phi) is 25.3. The van der Waals surface area contributed by atoms with Crippen LogP contribution in [0.1, 0.15) is 127 Å². The van der Waals surface area contributed by atoms with E-state index >= 15 is 0 Å². The molecule has 0 radical (unpaired) electrons. The first-order valence-electron chi connectivity index (χ1n) is 15.6. The Balaban J connectivity index is 0. The van der Waals surface area contributed by atoms with Gasteiger partial charge in [-0.25, -0.2) is 9.97 Å². The summed E-state index contributed by atoms with van der Waals surface area (Å²) in [6.07, 6.45) is 16.6. The number of aryl methyl sites for hydroxylation is 3. The molecular formula is C37H58N4O2. The van der Waals surface area contributed by atoms with Gasteiger partial charge in [-0.05, 0) is 93.4 Å². The molecule has 0 unspecified atom stereocenters. The molecule has 0 spiro atoms. The molecule has 0 atom stereocenters. The predicted octanol–water partition coefficient (Wildman–Crippen LogP) is 10.7. The van der Waals surface area contributed by atoms with Crippen LogP contribution in [0, 0.1) is 19.8 Å². The molecule has 0 saturated carbocycles. The molecule has 0 aliphatic rings. The van der Waals surface area contributed by atoms with Gasteiger partial charge in [-0.2, -0.15) is 10.2 Å². The second kappa shape index (κ2) is 26.1. The fourth-order valence-corrected chi connectivity index (χ4v) is 3.89. The van der Waals surface area contributed by atoms with Gasteiger partial charge in [-0.15, -0.1) is 0 Å². The number of azo groups is 1. The quantitative estimate of drug-likeness (QED) is 0.106. The molecule has 0 saturated heterocycles. The third-order valence-corrected chi connectivity index (χ3v) is 6.54. The molecular weight excluding hydrogens is 532 g/mol. The Bertz CT molecular complexity index is 1160. The van der Waals surface area contributed by atoms with E-state index in [0.29, 0.717) is 6.42 Å². The summed E-state index contributed by atoms with van der Waals surface area (Å²) in [6.45, 7) is 24.1. The maximum atomic E-state index is 11.4. The van der Waals surface area contributed by atoms with Crippen LogP contribution >= 0.6 is 0 Å². The van der Waals surface area contributed by atoms with Gasteiger partial charge in [0.05, 0.1) is 5.70 Å².